The quantitative estimate of drug-likeness (QED) is 0.778. The van der Waals surface area contributed by atoms with Crippen LogP contribution in [-0.2, 0) is 0 Å². The molecule has 16 heavy (non-hydrogen) atoms. The van der Waals surface area contributed by atoms with Crippen LogP contribution in [0.4, 0.5) is 0 Å². The molecule has 2 bridgehead atoms. The van der Waals surface area contributed by atoms with Gasteiger partial charge in [-0.1, -0.05) is 24.3 Å². The summed E-state index contributed by atoms with van der Waals surface area (Å²) in [5, 5.41) is 9.87. The van der Waals surface area contributed by atoms with E-state index in [9.17, 15) is 5.11 Å². The van der Waals surface area contributed by atoms with Gasteiger partial charge in [0.1, 0.15) is 5.75 Å². The molecule has 0 amide bonds. The maximum atomic E-state index is 9.87. The lowest BCUT2D eigenvalue weighted by molar-refractivity contribution is 0.264. The maximum Gasteiger partial charge on any atom is 0.123 e. The van der Waals surface area contributed by atoms with Crippen molar-refractivity contribution in [3.63, 3.8) is 0 Å². The van der Waals surface area contributed by atoms with Crippen LogP contribution in [0.5, 0.6) is 5.75 Å². The van der Waals surface area contributed by atoms with Crippen LogP contribution in [0.25, 0.3) is 5.57 Å². The van der Waals surface area contributed by atoms with Gasteiger partial charge in [0, 0.05) is 17.6 Å². The Kier molecular flexibility index (Phi) is 2.25. The standard InChI is InChI=1S/C14H17NO/c1-15-11-6-7-12(15)9-10(8-11)13-4-2-3-5-14(13)16/h2-5,8,11-12,16H,6-7,9H2,1H3. The van der Waals surface area contributed by atoms with Gasteiger partial charge in [0.25, 0.3) is 0 Å². The summed E-state index contributed by atoms with van der Waals surface area (Å²) in [5.74, 6) is 0.415. The molecule has 84 valence electrons. The normalized spacial score (nSPS) is 29.2. The van der Waals surface area contributed by atoms with Crippen LogP contribution in [0.3, 0.4) is 0 Å². The first-order chi connectivity index (χ1) is 7.75. The Balaban J connectivity index is 1.98. The molecule has 2 nitrogen and oxygen atoms in total. The van der Waals surface area contributed by atoms with E-state index < -0.39 is 0 Å². The van der Waals surface area contributed by atoms with E-state index >= 15 is 0 Å². The van der Waals surface area contributed by atoms with Crippen molar-refractivity contribution >= 4 is 5.57 Å². The summed E-state index contributed by atoms with van der Waals surface area (Å²) in [6.45, 7) is 0. The zero-order valence-electron chi connectivity index (χ0n) is 9.56. The Morgan fingerprint density at radius 3 is 2.81 bits per heavy atom. The Hall–Kier alpha value is -1.28. The fourth-order valence-electron chi connectivity index (χ4n) is 2.99. The monoisotopic (exact) mass is 215 g/mol. The van der Waals surface area contributed by atoms with Crippen molar-refractivity contribution < 1.29 is 5.11 Å². The molecule has 1 aromatic rings. The highest BCUT2D eigenvalue weighted by Gasteiger charge is 2.34. The van der Waals surface area contributed by atoms with Gasteiger partial charge in [-0.15, -0.1) is 0 Å². The second-order valence-corrected chi connectivity index (χ2v) is 4.88. The molecular weight excluding hydrogens is 198 g/mol. The van der Waals surface area contributed by atoms with Gasteiger partial charge in [0.15, 0.2) is 0 Å². The number of phenols is 1. The molecule has 1 N–H and O–H groups in total. The smallest absolute Gasteiger partial charge is 0.123 e. The van der Waals surface area contributed by atoms with E-state index in [0.29, 0.717) is 17.8 Å². The molecule has 2 aliphatic rings. The van der Waals surface area contributed by atoms with Gasteiger partial charge >= 0.3 is 0 Å². The molecule has 0 aliphatic carbocycles. The van der Waals surface area contributed by atoms with Crippen molar-refractivity contribution in [1.82, 2.24) is 4.90 Å². The van der Waals surface area contributed by atoms with Crippen LogP contribution in [-0.4, -0.2) is 29.1 Å². The number of fused-ring (bicyclic) bond motifs is 2. The minimum atomic E-state index is 0.415. The predicted octanol–water partition coefficient (Wildman–Crippen LogP) is 2.64. The van der Waals surface area contributed by atoms with Gasteiger partial charge in [-0.3, -0.25) is 4.90 Å². The van der Waals surface area contributed by atoms with Gasteiger partial charge in [-0.2, -0.15) is 0 Å². The average molecular weight is 215 g/mol. The molecule has 0 spiro atoms. The van der Waals surface area contributed by atoms with E-state index in [1.54, 1.807) is 6.07 Å². The van der Waals surface area contributed by atoms with Crippen molar-refractivity contribution in [2.75, 3.05) is 7.05 Å². The molecule has 3 rings (SSSR count). The highest BCUT2D eigenvalue weighted by atomic mass is 16.3. The minimum Gasteiger partial charge on any atom is -0.507 e. The first-order valence-electron chi connectivity index (χ1n) is 5.96. The Labute approximate surface area is 96.2 Å². The van der Waals surface area contributed by atoms with Crippen LogP contribution in [0.2, 0.25) is 0 Å². The zero-order chi connectivity index (χ0) is 11.1. The SMILES string of the molecule is CN1C2C=C(c3ccccc3O)CC1CC2. The molecule has 1 aromatic carbocycles. The zero-order valence-corrected chi connectivity index (χ0v) is 9.56. The summed E-state index contributed by atoms with van der Waals surface area (Å²) < 4.78 is 0. The van der Waals surface area contributed by atoms with Gasteiger partial charge in [-0.25, -0.2) is 0 Å². The van der Waals surface area contributed by atoms with Crippen molar-refractivity contribution in [1.29, 1.82) is 0 Å². The van der Waals surface area contributed by atoms with Crippen LogP contribution in [0.1, 0.15) is 24.8 Å². The van der Waals surface area contributed by atoms with Crippen LogP contribution >= 0.6 is 0 Å². The highest BCUT2D eigenvalue weighted by molar-refractivity contribution is 5.72. The number of hydrogen-bond acceptors (Lipinski definition) is 2. The molecule has 1 fully saturated rings. The maximum absolute atomic E-state index is 9.87. The third kappa shape index (κ3) is 1.45. The van der Waals surface area contributed by atoms with Crippen LogP contribution in [0, 0.1) is 0 Å². The number of nitrogens with zero attached hydrogens (tertiary/aromatic N) is 1. The molecule has 2 unspecified atom stereocenters. The number of likely N-dealkylation sites (N-methyl/N-ethyl adjacent to an activating group) is 1. The third-order valence-electron chi connectivity index (χ3n) is 3.99. The highest BCUT2D eigenvalue weighted by Crippen LogP contribution is 2.39. The summed E-state index contributed by atoms with van der Waals surface area (Å²) in [4.78, 5) is 2.46. The van der Waals surface area contributed by atoms with Crippen LogP contribution < -0.4 is 0 Å². The van der Waals surface area contributed by atoms with E-state index in [2.05, 4.69) is 18.0 Å². The molecular formula is C14H17NO. The molecule has 0 radical (unpaired) electrons. The number of hydrogen-bond donors (Lipinski definition) is 1. The van der Waals surface area contributed by atoms with Gasteiger partial charge in [0.2, 0.25) is 0 Å². The number of para-hydroxylation sites is 1. The van der Waals surface area contributed by atoms with Gasteiger partial charge < -0.3 is 5.11 Å². The lowest BCUT2D eigenvalue weighted by Crippen LogP contribution is -2.34. The fourth-order valence-corrected chi connectivity index (χ4v) is 2.99. The van der Waals surface area contributed by atoms with Crippen molar-refractivity contribution in [2.45, 2.75) is 31.3 Å². The van der Waals surface area contributed by atoms with E-state index in [1.807, 2.05) is 18.2 Å². The van der Waals surface area contributed by atoms with E-state index in [-0.39, 0.29) is 0 Å². The fraction of sp³-hybridized carbons (Fsp3) is 0.429. The van der Waals surface area contributed by atoms with Crippen molar-refractivity contribution in [3.05, 3.63) is 35.9 Å². The second kappa shape index (κ2) is 3.63. The summed E-state index contributed by atoms with van der Waals surface area (Å²) in [7, 11) is 2.21. The van der Waals surface area contributed by atoms with Crippen molar-refractivity contribution in [2.24, 2.45) is 0 Å². The van der Waals surface area contributed by atoms with E-state index in [0.717, 1.165) is 12.0 Å². The Bertz CT molecular complexity index is 438. The largest absolute Gasteiger partial charge is 0.507 e. The van der Waals surface area contributed by atoms with Gasteiger partial charge in [-0.05, 0) is 37.9 Å². The summed E-state index contributed by atoms with van der Waals surface area (Å²) in [6.07, 6.45) is 5.95. The molecule has 0 aromatic heterocycles. The summed E-state index contributed by atoms with van der Waals surface area (Å²) in [6, 6.07) is 8.92. The Morgan fingerprint density at radius 2 is 2.06 bits per heavy atom. The minimum absolute atomic E-state index is 0.415. The molecule has 2 aliphatic heterocycles. The van der Waals surface area contributed by atoms with Crippen molar-refractivity contribution in [3.8, 4) is 5.75 Å². The molecule has 1 saturated heterocycles. The molecule has 0 saturated carbocycles. The van der Waals surface area contributed by atoms with Gasteiger partial charge in [0.05, 0.1) is 0 Å². The first kappa shape index (κ1) is 9.91. The topological polar surface area (TPSA) is 23.5 Å². The van der Waals surface area contributed by atoms with E-state index in [1.165, 1.54) is 18.4 Å². The van der Waals surface area contributed by atoms with Crippen LogP contribution in [0.15, 0.2) is 30.3 Å². The summed E-state index contributed by atoms with van der Waals surface area (Å²) >= 11 is 0. The number of benzene rings is 1. The second-order valence-electron chi connectivity index (χ2n) is 4.88. The Morgan fingerprint density at radius 1 is 1.25 bits per heavy atom. The molecule has 2 heteroatoms. The summed E-state index contributed by atoms with van der Waals surface area (Å²) in [5.41, 5.74) is 2.34. The number of aromatic hydroxyl groups is 1. The molecule has 2 heterocycles. The predicted molar refractivity (Wildman–Crippen MR) is 65.3 cm³/mol. The lowest BCUT2D eigenvalue weighted by atomic mass is 9.94. The third-order valence-corrected chi connectivity index (χ3v) is 3.99. The average Bonchev–Trinajstić information content (AvgIpc) is 2.53. The van der Waals surface area contributed by atoms with E-state index in [4.69, 9.17) is 0 Å². The lowest BCUT2D eigenvalue weighted by Gasteiger charge is -2.30. The number of rotatable bonds is 1. The first-order valence-corrected chi connectivity index (χ1v) is 5.96. The number of phenolic OH excluding ortho intramolecular Hbond substituents is 1. The molecule has 2 atom stereocenters.